The van der Waals surface area contributed by atoms with Crippen LogP contribution in [0.15, 0.2) is 41.5 Å². The number of benzene rings is 1. The molecule has 37 heavy (non-hydrogen) atoms. The zero-order chi connectivity index (χ0) is 26.4. The molecule has 8 nitrogen and oxygen atoms in total. The van der Waals surface area contributed by atoms with Gasteiger partial charge in [0.15, 0.2) is 5.82 Å². The van der Waals surface area contributed by atoms with Gasteiger partial charge in [0.2, 0.25) is 0 Å². The topological polar surface area (TPSA) is 96.2 Å². The van der Waals surface area contributed by atoms with Crippen molar-refractivity contribution in [3.8, 4) is 22.7 Å². The van der Waals surface area contributed by atoms with E-state index >= 15 is 4.39 Å². The first-order chi connectivity index (χ1) is 17.7. The summed E-state index contributed by atoms with van der Waals surface area (Å²) in [6, 6.07) is 5.44. The molecule has 0 saturated carbocycles. The predicted molar refractivity (Wildman–Crippen MR) is 138 cm³/mol. The van der Waals surface area contributed by atoms with Gasteiger partial charge in [-0.2, -0.15) is 4.98 Å². The number of aromatic nitrogens is 4. The van der Waals surface area contributed by atoms with Crippen LogP contribution < -0.4 is 15.9 Å². The van der Waals surface area contributed by atoms with E-state index in [0.717, 1.165) is 6.07 Å². The van der Waals surface area contributed by atoms with Gasteiger partial charge in [-0.15, -0.1) is 0 Å². The third-order valence-electron chi connectivity index (χ3n) is 6.78. The van der Waals surface area contributed by atoms with Gasteiger partial charge in [0.1, 0.15) is 28.6 Å². The van der Waals surface area contributed by atoms with Gasteiger partial charge >= 0.3 is 5.69 Å². The number of phenols is 1. The second-order valence-corrected chi connectivity index (χ2v) is 9.63. The minimum atomic E-state index is -0.931. The molecule has 4 heterocycles. The first kappa shape index (κ1) is 24.8. The molecule has 4 aromatic rings. The molecule has 1 aliphatic rings. The average molecular weight is 507 g/mol. The fourth-order valence-electron chi connectivity index (χ4n) is 4.94. The Morgan fingerprint density at radius 1 is 1.19 bits per heavy atom. The Morgan fingerprint density at radius 3 is 2.68 bits per heavy atom. The summed E-state index contributed by atoms with van der Waals surface area (Å²) in [6.45, 7) is 9.58. The van der Waals surface area contributed by atoms with E-state index in [0.29, 0.717) is 47.8 Å². The summed E-state index contributed by atoms with van der Waals surface area (Å²) in [5.41, 5.74) is 0.190. The Morgan fingerprint density at radius 2 is 1.97 bits per heavy atom. The predicted octanol–water partition coefficient (Wildman–Crippen LogP) is 4.06. The van der Waals surface area contributed by atoms with Crippen LogP contribution in [-0.4, -0.2) is 50.3 Å². The van der Waals surface area contributed by atoms with E-state index in [1.165, 1.54) is 22.9 Å². The molecule has 0 aliphatic carbocycles. The van der Waals surface area contributed by atoms with E-state index in [4.69, 9.17) is 0 Å². The summed E-state index contributed by atoms with van der Waals surface area (Å²) >= 11 is 0. The average Bonchev–Trinajstić information content (AvgIpc) is 2.85. The molecule has 3 aromatic heterocycles. The van der Waals surface area contributed by atoms with Crippen LogP contribution in [0.5, 0.6) is 5.75 Å². The number of phenolic OH excluding ortho intramolecular Hbond substituents is 1. The normalized spacial score (nSPS) is 16.1. The zero-order valence-electron chi connectivity index (χ0n) is 21.1. The Labute approximate surface area is 212 Å². The van der Waals surface area contributed by atoms with E-state index in [1.54, 1.807) is 12.3 Å². The molecule has 1 aliphatic heterocycles. The van der Waals surface area contributed by atoms with Crippen LogP contribution >= 0.6 is 0 Å². The molecular weight excluding hydrogens is 478 g/mol. The van der Waals surface area contributed by atoms with E-state index in [2.05, 4.69) is 20.3 Å². The maximum Gasteiger partial charge on any atom is 0.354 e. The number of anilines is 1. The summed E-state index contributed by atoms with van der Waals surface area (Å²) < 4.78 is 32.6. The van der Waals surface area contributed by atoms with Gasteiger partial charge in [-0.05, 0) is 43.5 Å². The quantitative estimate of drug-likeness (QED) is 0.431. The third kappa shape index (κ3) is 4.11. The lowest BCUT2D eigenvalue weighted by atomic mass is 10.0. The number of nitrogens with zero attached hydrogens (tertiary/aromatic N) is 5. The molecule has 0 bridgehead atoms. The fraction of sp³-hybridized carbons (Fsp3) is 0.333. The number of aromatic hydroxyl groups is 1. The molecule has 1 atom stereocenters. The minimum Gasteiger partial charge on any atom is -0.507 e. The van der Waals surface area contributed by atoms with E-state index in [9.17, 15) is 14.3 Å². The van der Waals surface area contributed by atoms with E-state index in [-0.39, 0.29) is 23.0 Å². The van der Waals surface area contributed by atoms with Crippen LogP contribution in [0.25, 0.3) is 27.8 Å². The molecule has 5 rings (SSSR count). The number of piperazine rings is 1. The van der Waals surface area contributed by atoms with Crippen LogP contribution in [0.2, 0.25) is 0 Å². The molecular formula is C27H28F2N6O2. The van der Waals surface area contributed by atoms with Crippen molar-refractivity contribution >= 4 is 16.7 Å². The van der Waals surface area contributed by atoms with Crippen LogP contribution in [0.1, 0.15) is 37.9 Å². The number of hydrogen-bond donors (Lipinski definition) is 2. The van der Waals surface area contributed by atoms with Crippen molar-refractivity contribution < 1.29 is 13.9 Å². The second kappa shape index (κ2) is 9.51. The Balaban J connectivity index is 1.94. The van der Waals surface area contributed by atoms with Crippen molar-refractivity contribution in [3.63, 3.8) is 0 Å². The molecule has 0 unspecified atom stereocenters. The van der Waals surface area contributed by atoms with Crippen molar-refractivity contribution in [1.29, 1.82) is 0 Å². The molecule has 1 fully saturated rings. The van der Waals surface area contributed by atoms with Gasteiger partial charge in [0, 0.05) is 38.1 Å². The molecule has 0 amide bonds. The first-order valence-electron chi connectivity index (χ1n) is 12.2. The minimum absolute atomic E-state index is 0.00981. The highest BCUT2D eigenvalue weighted by Crippen LogP contribution is 2.37. The number of nitrogens with one attached hydrogen (secondary N) is 1. The lowest BCUT2D eigenvalue weighted by molar-refractivity contribution is 0.470. The standard InChI is InChI=1S/C27H28F2N6O2/c1-14(2)22-24(15(3)8-9-31-22)35-25-17(26(33-27(35)37)34-11-10-30-12-16(34)4)13-32-23(21(25)29)20-18(28)6-5-7-19(20)36/h5-9,13-14,16,30,36H,10-12H2,1-4H3/t16-/m0/s1. The summed E-state index contributed by atoms with van der Waals surface area (Å²) in [5.74, 6) is -1.98. The van der Waals surface area contributed by atoms with Gasteiger partial charge in [0.25, 0.3) is 0 Å². The first-order valence-corrected chi connectivity index (χ1v) is 12.2. The molecule has 2 N–H and O–H groups in total. The highest BCUT2D eigenvalue weighted by Gasteiger charge is 2.29. The van der Waals surface area contributed by atoms with Crippen LogP contribution in [0, 0.1) is 18.6 Å². The molecule has 0 spiro atoms. The smallest absolute Gasteiger partial charge is 0.354 e. The molecule has 192 valence electrons. The van der Waals surface area contributed by atoms with Crippen LogP contribution in [-0.2, 0) is 0 Å². The Kier molecular flexibility index (Phi) is 6.36. The number of pyridine rings is 2. The maximum atomic E-state index is 16.6. The maximum absolute atomic E-state index is 16.6. The monoisotopic (exact) mass is 506 g/mol. The van der Waals surface area contributed by atoms with Crippen molar-refractivity contribution in [2.24, 2.45) is 0 Å². The number of fused-ring (bicyclic) bond motifs is 1. The summed E-state index contributed by atoms with van der Waals surface area (Å²) in [4.78, 5) is 28.8. The van der Waals surface area contributed by atoms with Crippen molar-refractivity contribution in [3.05, 3.63) is 70.0 Å². The lowest BCUT2D eigenvalue weighted by Crippen LogP contribution is -2.50. The van der Waals surface area contributed by atoms with Gasteiger partial charge in [-0.1, -0.05) is 19.9 Å². The van der Waals surface area contributed by atoms with Crippen LogP contribution in [0.3, 0.4) is 0 Å². The molecule has 10 heteroatoms. The third-order valence-corrected chi connectivity index (χ3v) is 6.78. The number of hydrogen-bond acceptors (Lipinski definition) is 7. The number of aryl methyl sites for hydroxylation is 1. The summed E-state index contributed by atoms with van der Waals surface area (Å²) in [5, 5.41) is 14.0. The van der Waals surface area contributed by atoms with Gasteiger partial charge in [-0.25, -0.2) is 13.6 Å². The lowest BCUT2D eigenvalue weighted by Gasteiger charge is -2.35. The van der Waals surface area contributed by atoms with Crippen LogP contribution in [0.4, 0.5) is 14.6 Å². The molecule has 1 saturated heterocycles. The zero-order valence-corrected chi connectivity index (χ0v) is 21.1. The van der Waals surface area contributed by atoms with Crippen molar-refractivity contribution in [2.75, 3.05) is 24.5 Å². The van der Waals surface area contributed by atoms with Crippen molar-refractivity contribution in [2.45, 2.75) is 39.7 Å². The number of rotatable bonds is 4. The van der Waals surface area contributed by atoms with E-state index in [1.807, 2.05) is 32.6 Å². The largest absolute Gasteiger partial charge is 0.507 e. The van der Waals surface area contributed by atoms with Gasteiger partial charge in [0.05, 0.1) is 22.3 Å². The Hall–Kier alpha value is -3.92. The van der Waals surface area contributed by atoms with Gasteiger partial charge in [-0.3, -0.25) is 14.5 Å². The van der Waals surface area contributed by atoms with Gasteiger partial charge < -0.3 is 15.3 Å². The number of halogens is 2. The highest BCUT2D eigenvalue weighted by molar-refractivity contribution is 5.93. The van der Waals surface area contributed by atoms with E-state index < -0.39 is 28.8 Å². The second-order valence-electron chi connectivity index (χ2n) is 9.63. The van der Waals surface area contributed by atoms with Crippen molar-refractivity contribution in [1.82, 2.24) is 24.8 Å². The fourth-order valence-corrected chi connectivity index (χ4v) is 4.94. The Bertz CT molecular complexity index is 1550. The molecule has 0 radical (unpaired) electrons. The summed E-state index contributed by atoms with van der Waals surface area (Å²) in [7, 11) is 0. The molecule has 1 aromatic carbocycles. The SMILES string of the molecule is Cc1ccnc(C(C)C)c1-n1c(=O)nc(N2CCNC[C@@H]2C)c2cnc(-c3c(O)cccc3F)c(F)c21. The highest BCUT2D eigenvalue weighted by atomic mass is 19.1. The summed E-state index contributed by atoms with van der Waals surface area (Å²) in [6.07, 6.45) is 3.04.